The lowest BCUT2D eigenvalue weighted by molar-refractivity contribution is 0.0880. The van der Waals surface area contributed by atoms with Gasteiger partial charge in [0.2, 0.25) is 0 Å². The quantitative estimate of drug-likeness (QED) is 0.149. The average Bonchev–Trinajstić information content (AvgIpc) is 3.42. The van der Waals surface area contributed by atoms with Gasteiger partial charge >= 0.3 is 6.09 Å². The molecule has 0 fully saturated rings. The number of hydrogen-bond acceptors (Lipinski definition) is 7. The van der Waals surface area contributed by atoms with Crippen LogP contribution in [0, 0.1) is 0 Å². The molecular weight excluding hydrogens is 522 g/mol. The standard InChI is InChI=1S/C30H37N5O4Si/c1-5-13-32-30(36)39-26-11-12-28(38-20-23-9-7-6-8-10-23)27(17-26)24-16-25(19-31-18-24)29-34-33-21-35(29)22-37-14-15-40(2,3)4/h6-12,16-19,21H,5,13-15,20,22H2,1-4H3,(H,32,36). The zero-order chi connectivity index (χ0) is 28.4. The van der Waals surface area contributed by atoms with Gasteiger partial charge in [0.15, 0.2) is 5.82 Å². The van der Waals surface area contributed by atoms with Crippen molar-refractivity contribution in [1.82, 2.24) is 25.1 Å². The van der Waals surface area contributed by atoms with Crippen molar-refractivity contribution in [3.05, 3.63) is 78.9 Å². The number of rotatable bonds is 13. The van der Waals surface area contributed by atoms with Crippen LogP contribution in [0.3, 0.4) is 0 Å². The maximum atomic E-state index is 12.2. The lowest BCUT2D eigenvalue weighted by Gasteiger charge is -2.16. The molecule has 0 unspecified atom stereocenters. The summed E-state index contributed by atoms with van der Waals surface area (Å²) < 4.78 is 19.5. The molecule has 1 N–H and O–H groups in total. The molecule has 9 nitrogen and oxygen atoms in total. The van der Waals surface area contributed by atoms with Gasteiger partial charge in [-0.1, -0.05) is 56.9 Å². The molecular formula is C30H37N5O4Si. The molecule has 0 aliphatic carbocycles. The minimum absolute atomic E-state index is 0.360. The van der Waals surface area contributed by atoms with Crippen LogP contribution in [0.1, 0.15) is 18.9 Å². The third-order valence-electron chi connectivity index (χ3n) is 6.07. The van der Waals surface area contributed by atoms with E-state index in [1.54, 1.807) is 30.9 Å². The third-order valence-corrected chi connectivity index (χ3v) is 7.77. The zero-order valence-corrected chi connectivity index (χ0v) is 24.6. The molecule has 1 amide bonds. The Morgan fingerprint density at radius 1 is 1.02 bits per heavy atom. The highest BCUT2D eigenvalue weighted by atomic mass is 28.3. The molecule has 0 aliphatic rings. The molecule has 2 heterocycles. The van der Waals surface area contributed by atoms with Crippen LogP contribution in [0.5, 0.6) is 11.5 Å². The molecule has 2 aromatic carbocycles. The van der Waals surface area contributed by atoms with Crippen LogP contribution >= 0.6 is 0 Å². The highest BCUT2D eigenvalue weighted by molar-refractivity contribution is 6.76. The first-order valence-electron chi connectivity index (χ1n) is 13.5. The Balaban J connectivity index is 1.59. The minimum atomic E-state index is -1.18. The minimum Gasteiger partial charge on any atom is -0.488 e. The maximum Gasteiger partial charge on any atom is 0.412 e. The van der Waals surface area contributed by atoms with E-state index in [2.05, 4.69) is 40.1 Å². The molecule has 4 rings (SSSR count). The lowest BCUT2D eigenvalue weighted by Crippen LogP contribution is -2.27. The molecule has 0 saturated carbocycles. The summed E-state index contributed by atoms with van der Waals surface area (Å²) in [6.07, 6.45) is 5.47. The summed E-state index contributed by atoms with van der Waals surface area (Å²) in [7, 11) is -1.18. The second-order valence-corrected chi connectivity index (χ2v) is 16.3. The molecule has 0 bridgehead atoms. The Labute approximate surface area is 236 Å². The van der Waals surface area contributed by atoms with Gasteiger partial charge in [-0.05, 0) is 42.3 Å². The molecule has 210 valence electrons. The Morgan fingerprint density at radius 3 is 2.60 bits per heavy atom. The molecule has 10 heteroatoms. The van der Waals surface area contributed by atoms with E-state index in [-0.39, 0.29) is 0 Å². The monoisotopic (exact) mass is 559 g/mol. The van der Waals surface area contributed by atoms with Crippen LogP contribution in [0.2, 0.25) is 25.7 Å². The topological polar surface area (TPSA) is 100 Å². The lowest BCUT2D eigenvalue weighted by atomic mass is 10.0. The Hall–Kier alpha value is -4.02. The molecule has 0 atom stereocenters. The summed E-state index contributed by atoms with van der Waals surface area (Å²) in [5.74, 6) is 1.70. The first-order chi connectivity index (χ1) is 19.3. The van der Waals surface area contributed by atoms with E-state index in [1.807, 2.05) is 54.0 Å². The number of amides is 1. The van der Waals surface area contributed by atoms with Crippen LogP contribution in [0.15, 0.2) is 73.3 Å². The largest absolute Gasteiger partial charge is 0.488 e. The number of benzene rings is 2. The number of nitrogens with zero attached hydrogens (tertiary/aromatic N) is 4. The summed E-state index contributed by atoms with van der Waals surface area (Å²) in [6.45, 7) is 11.0. The van der Waals surface area contributed by atoms with E-state index in [0.29, 0.717) is 43.8 Å². The summed E-state index contributed by atoms with van der Waals surface area (Å²) in [5.41, 5.74) is 3.35. The first-order valence-corrected chi connectivity index (χ1v) is 17.2. The smallest absolute Gasteiger partial charge is 0.412 e. The number of pyridine rings is 1. The van der Waals surface area contributed by atoms with Gasteiger partial charge in [0, 0.05) is 50.3 Å². The number of carbonyl (C=O) groups excluding carboxylic acids is 1. The number of aromatic nitrogens is 4. The van der Waals surface area contributed by atoms with Crippen molar-refractivity contribution in [1.29, 1.82) is 0 Å². The van der Waals surface area contributed by atoms with Gasteiger partial charge in [-0.15, -0.1) is 10.2 Å². The molecule has 4 aromatic rings. The van der Waals surface area contributed by atoms with Gasteiger partial charge in [-0.2, -0.15) is 0 Å². The summed E-state index contributed by atoms with van der Waals surface area (Å²) in [4.78, 5) is 16.7. The maximum absolute atomic E-state index is 12.2. The van der Waals surface area contributed by atoms with Gasteiger partial charge in [0.05, 0.1) is 0 Å². The van der Waals surface area contributed by atoms with Crippen molar-refractivity contribution >= 4 is 14.2 Å². The van der Waals surface area contributed by atoms with Gasteiger partial charge in [0.1, 0.15) is 31.2 Å². The highest BCUT2D eigenvalue weighted by Gasteiger charge is 2.16. The molecule has 40 heavy (non-hydrogen) atoms. The average molecular weight is 560 g/mol. The van der Waals surface area contributed by atoms with Crippen molar-refractivity contribution in [3.8, 4) is 34.0 Å². The number of carbonyl (C=O) groups is 1. The van der Waals surface area contributed by atoms with Gasteiger partial charge in [-0.3, -0.25) is 9.55 Å². The van der Waals surface area contributed by atoms with E-state index in [1.165, 1.54) is 0 Å². The molecule has 0 saturated heterocycles. The fourth-order valence-electron chi connectivity index (χ4n) is 3.85. The second kappa shape index (κ2) is 13.9. The van der Waals surface area contributed by atoms with E-state index in [0.717, 1.165) is 34.7 Å². The number of hydrogen-bond donors (Lipinski definition) is 1. The fraction of sp³-hybridized carbons (Fsp3) is 0.333. The van der Waals surface area contributed by atoms with Crippen LogP contribution in [-0.4, -0.2) is 47.1 Å². The molecule has 2 aromatic heterocycles. The number of nitrogens with one attached hydrogen (secondary N) is 1. The van der Waals surface area contributed by atoms with Crippen molar-refractivity contribution in [2.45, 2.75) is 52.4 Å². The SMILES string of the molecule is CCCNC(=O)Oc1ccc(OCc2ccccc2)c(-c2cncc(-c3nncn3COCC[Si](C)(C)C)c2)c1. The second-order valence-electron chi connectivity index (χ2n) is 10.7. The summed E-state index contributed by atoms with van der Waals surface area (Å²) >= 11 is 0. The van der Waals surface area contributed by atoms with Gasteiger partial charge < -0.3 is 19.5 Å². The zero-order valence-electron chi connectivity index (χ0n) is 23.6. The van der Waals surface area contributed by atoms with Gasteiger partial charge in [0.25, 0.3) is 0 Å². The van der Waals surface area contributed by atoms with Crippen molar-refractivity contribution < 1.29 is 19.0 Å². The Bertz CT molecular complexity index is 1390. The van der Waals surface area contributed by atoms with Crippen LogP contribution < -0.4 is 14.8 Å². The van der Waals surface area contributed by atoms with Crippen molar-refractivity contribution in [2.75, 3.05) is 13.2 Å². The first kappa shape index (κ1) is 29.0. The van der Waals surface area contributed by atoms with Gasteiger partial charge in [-0.25, -0.2) is 4.79 Å². The summed E-state index contributed by atoms with van der Waals surface area (Å²) in [5, 5.41) is 11.2. The molecule has 0 spiro atoms. The van der Waals surface area contributed by atoms with Crippen LogP contribution in [-0.2, 0) is 18.1 Å². The third kappa shape index (κ3) is 8.49. The van der Waals surface area contributed by atoms with E-state index in [9.17, 15) is 4.79 Å². The van der Waals surface area contributed by atoms with E-state index in [4.69, 9.17) is 14.2 Å². The Morgan fingerprint density at radius 2 is 1.82 bits per heavy atom. The van der Waals surface area contributed by atoms with E-state index >= 15 is 0 Å². The summed E-state index contributed by atoms with van der Waals surface area (Å²) in [6, 6.07) is 18.3. The van der Waals surface area contributed by atoms with Crippen molar-refractivity contribution in [2.24, 2.45) is 0 Å². The number of ether oxygens (including phenoxy) is 3. The normalized spacial score (nSPS) is 11.3. The Kier molecular flexibility index (Phi) is 10.0. The predicted octanol–water partition coefficient (Wildman–Crippen LogP) is 6.40. The van der Waals surface area contributed by atoms with Crippen LogP contribution in [0.25, 0.3) is 22.5 Å². The molecule has 0 radical (unpaired) electrons. The van der Waals surface area contributed by atoms with Crippen molar-refractivity contribution in [3.63, 3.8) is 0 Å². The fourth-order valence-corrected chi connectivity index (χ4v) is 4.61. The van der Waals surface area contributed by atoms with E-state index < -0.39 is 14.2 Å². The molecule has 0 aliphatic heterocycles. The highest BCUT2D eigenvalue weighted by Crippen LogP contribution is 2.35. The predicted molar refractivity (Wildman–Crippen MR) is 158 cm³/mol. The van der Waals surface area contributed by atoms with Crippen LogP contribution in [0.4, 0.5) is 4.79 Å².